The van der Waals surface area contributed by atoms with Gasteiger partial charge in [-0.2, -0.15) is 0 Å². The first kappa shape index (κ1) is 25.0. The number of carbonyl (C=O) groups is 3. The van der Waals surface area contributed by atoms with Gasteiger partial charge in [0.1, 0.15) is 23.9 Å². The fourth-order valence-corrected chi connectivity index (χ4v) is 3.23. The molecule has 0 radical (unpaired) electrons. The van der Waals surface area contributed by atoms with Crippen molar-refractivity contribution in [2.24, 2.45) is 0 Å². The molecular weight excluding hydrogens is 434 g/mol. The Balaban J connectivity index is 2.26. The van der Waals surface area contributed by atoms with Crippen LogP contribution in [0.5, 0.6) is 5.75 Å². The molecule has 0 aromatic heterocycles. The van der Waals surface area contributed by atoms with Crippen molar-refractivity contribution in [3.05, 3.63) is 58.6 Å². The number of ether oxygens (including phenoxy) is 1. The number of phenols is 1. The standard InChI is InChI=1S/C23H28ClN3O5/c1-14-8-6-11-17(24)19(14)26-21(30)20(15-9-7-10-16(28)12-15)27(5)18(29)13-25-22(31)32-23(2,3)4/h6-12,20,28H,13H2,1-5H3,(H,25,31)(H,26,30). The first-order valence-corrected chi connectivity index (χ1v) is 10.3. The number of alkyl carbamates (subject to hydrolysis) is 1. The quantitative estimate of drug-likeness (QED) is 0.602. The highest BCUT2D eigenvalue weighted by atomic mass is 35.5. The number of amides is 3. The van der Waals surface area contributed by atoms with Gasteiger partial charge in [0.25, 0.3) is 5.91 Å². The van der Waals surface area contributed by atoms with Crippen molar-refractivity contribution in [2.75, 3.05) is 18.9 Å². The molecule has 0 aliphatic rings. The van der Waals surface area contributed by atoms with Crippen LogP contribution in [0.15, 0.2) is 42.5 Å². The predicted molar refractivity (Wildman–Crippen MR) is 123 cm³/mol. The second kappa shape index (κ2) is 10.4. The average Bonchev–Trinajstić information content (AvgIpc) is 2.68. The van der Waals surface area contributed by atoms with E-state index in [2.05, 4.69) is 10.6 Å². The lowest BCUT2D eigenvalue weighted by Crippen LogP contribution is -2.44. The van der Waals surface area contributed by atoms with Crippen molar-refractivity contribution in [1.82, 2.24) is 10.2 Å². The molecule has 1 unspecified atom stereocenters. The van der Waals surface area contributed by atoms with E-state index in [1.807, 2.05) is 0 Å². The van der Waals surface area contributed by atoms with Crippen LogP contribution in [0.1, 0.15) is 37.9 Å². The number of likely N-dealkylation sites (N-methyl/N-ethyl adjacent to an activating group) is 1. The molecule has 2 rings (SSSR count). The van der Waals surface area contributed by atoms with Crippen LogP contribution in [0.2, 0.25) is 5.02 Å². The molecule has 2 aromatic carbocycles. The summed E-state index contributed by atoms with van der Waals surface area (Å²) in [6, 6.07) is 10.2. The van der Waals surface area contributed by atoms with Crippen molar-refractivity contribution in [3.63, 3.8) is 0 Å². The number of hydrogen-bond acceptors (Lipinski definition) is 5. The fourth-order valence-electron chi connectivity index (χ4n) is 2.96. The Bertz CT molecular complexity index is 983. The summed E-state index contributed by atoms with van der Waals surface area (Å²) in [4.78, 5) is 39.1. The molecule has 0 heterocycles. The molecule has 2 aromatic rings. The fraction of sp³-hybridized carbons (Fsp3) is 0.348. The lowest BCUT2D eigenvalue weighted by molar-refractivity contribution is -0.136. The van der Waals surface area contributed by atoms with Gasteiger partial charge in [0.15, 0.2) is 0 Å². The summed E-state index contributed by atoms with van der Waals surface area (Å²) in [7, 11) is 1.44. The smallest absolute Gasteiger partial charge is 0.408 e. The minimum Gasteiger partial charge on any atom is -0.508 e. The lowest BCUT2D eigenvalue weighted by atomic mass is 10.0. The number of para-hydroxylation sites is 1. The van der Waals surface area contributed by atoms with Crippen LogP contribution in [-0.4, -0.2) is 47.1 Å². The van der Waals surface area contributed by atoms with Crippen molar-refractivity contribution in [2.45, 2.75) is 39.3 Å². The van der Waals surface area contributed by atoms with Crippen LogP contribution in [0.25, 0.3) is 0 Å². The lowest BCUT2D eigenvalue weighted by Gasteiger charge is -2.28. The maximum absolute atomic E-state index is 13.2. The summed E-state index contributed by atoms with van der Waals surface area (Å²) in [6.45, 7) is 6.54. The van der Waals surface area contributed by atoms with Gasteiger partial charge < -0.3 is 25.4 Å². The second-order valence-corrected chi connectivity index (χ2v) is 8.69. The van der Waals surface area contributed by atoms with E-state index in [1.165, 1.54) is 24.1 Å². The van der Waals surface area contributed by atoms with Crippen molar-refractivity contribution in [1.29, 1.82) is 0 Å². The van der Waals surface area contributed by atoms with E-state index in [9.17, 15) is 19.5 Å². The van der Waals surface area contributed by atoms with E-state index in [0.29, 0.717) is 16.3 Å². The summed E-state index contributed by atoms with van der Waals surface area (Å²) in [5, 5.41) is 15.4. The summed E-state index contributed by atoms with van der Waals surface area (Å²) in [6.07, 6.45) is -0.746. The van der Waals surface area contributed by atoms with Gasteiger partial charge in [-0.25, -0.2) is 4.79 Å². The van der Waals surface area contributed by atoms with Crippen LogP contribution in [0, 0.1) is 6.92 Å². The third-order valence-corrected chi connectivity index (χ3v) is 4.78. The Morgan fingerprint density at radius 1 is 1.16 bits per heavy atom. The molecule has 0 saturated heterocycles. The number of rotatable bonds is 6. The molecular formula is C23H28ClN3O5. The zero-order valence-corrected chi connectivity index (χ0v) is 19.5. The van der Waals surface area contributed by atoms with Crippen molar-refractivity contribution in [3.8, 4) is 5.75 Å². The molecule has 32 heavy (non-hydrogen) atoms. The number of nitrogens with zero attached hydrogens (tertiary/aromatic N) is 1. The molecule has 3 amide bonds. The Morgan fingerprint density at radius 2 is 1.81 bits per heavy atom. The molecule has 1 atom stereocenters. The molecule has 0 aliphatic heterocycles. The number of halogens is 1. The zero-order chi connectivity index (χ0) is 24.1. The minimum atomic E-state index is -1.09. The summed E-state index contributed by atoms with van der Waals surface area (Å²) in [5.41, 5.74) is 0.856. The third kappa shape index (κ3) is 6.88. The maximum atomic E-state index is 13.2. The van der Waals surface area contributed by atoms with Crippen LogP contribution in [0.3, 0.4) is 0 Å². The molecule has 9 heteroatoms. The van der Waals surface area contributed by atoms with E-state index >= 15 is 0 Å². The molecule has 0 aliphatic carbocycles. The molecule has 0 spiro atoms. The number of aryl methyl sites for hydroxylation is 1. The Morgan fingerprint density at radius 3 is 2.41 bits per heavy atom. The van der Waals surface area contributed by atoms with Crippen molar-refractivity contribution < 1.29 is 24.2 Å². The number of nitrogens with one attached hydrogen (secondary N) is 2. The molecule has 172 valence electrons. The largest absolute Gasteiger partial charge is 0.508 e. The summed E-state index contributed by atoms with van der Waals surface area (Å²) < 4.78 is 5.13. The van der Waals surface area contributed by atoms with Gasteiger partial charge in [0, 0.05) is 7.05 Å². The van der Waals surface area contributed by atoms with Crippen LogP contribution >= 0.6 is 11.6 Å². The summed E-state index contributed by atoms with van der Waals surface area (Å²) >= 11 is 6.23. The van der Waals surface area contributed by atoms with E-state index < -0.39 is 29.6 Å². The van der Waals surface area contributed by atoms with Crippen LogP contribution < -0.4 is 10.6 Å². The van der Waals surface area contributed by atoms with E-state index in [1.54, 1.807) is 58.0 Å². The van der Waals surface area contributed by atoms with E-state index in [4.69, 9.17) is 16.3 Å². The molecule has 3 N–H and O–H groups in total. The Labute approximate surface area is 192 Å². The topological polar surface area (TPSA) is 108 Å². The highest BCUT2D eigenvalue weighted by Gasteiger charge is 2.30. The number of carbonyl (C=O) groups excluding carboxylic acids is 3. The normalized spacial score (nSPS) is 11.9. The number of aromatic hydroxyl groups is 1. The Hall–Kier alpha value is -3.26. The molecule has 8 nitrogen and oxygen atoms in total. The average molecular weight is 462 g/mol. The first-order valence-electron chi connectivity index (χ1n) is 9.96. The molecule has 0 fully saturated rings. The van der Waals surface area contributed by atoms with Crippen molar-refractivity contribution >= 4 is 35.2 Å². The highest BCUT2D eigenvalue weighted by molar-refractivity contribution is 6.34. The monoisotopic (exact) mass is 461 g/mol. The van der Waals surface area contributed by atoms with E-state index in [0.717, 1.165) is 5.56 Å². The van der Waals surface area contributed by atoms with E-state index in [-0.39, 0.29) is 12.3 Å². The Kier molecular flexibility index (Phi) is 8.10. The van der Waals surface area contributed by atoms with Gasteiger partial charge in [-0.15, -0.1) is 0 Å². The van der Waals surface area contributed by atoms with Crippen LogP contribution in [-0.2, 0) is 14.3 Å². The second-order valence-electron chi connectivity index (χ2n) is 8.28. The number of hydrogen-bond donors (Lipinski definition) is 3. The van der Waals surface area contributed by atoms with Gasteiger partial charge in [-0.05, 0) is 57.0 Å². The van der Waals surface area contributed by atoms with Gasteiger partial charge in [-0.1, -0.05) is 35.9 Å². The zero-order valence-electron chi connectivity index (χ0n) is 18.7. The van der Waals surface area contributed by atoms with Gasteiger partial charge in [-0.3, -0.25) is 9.59 Å². The number of phenolic OH excluding ortho intramolecular Hbond substituents is 1. The predicted octanol–water partition coefficient (Wildman–Crippen LogP) is 4.02. The van der Waals surface area contributed by atoms with Gasteiger partial charge in [0.2, 0.25) is 5.91 Å². The molecule has 0 bridgehead atoms. The van der Waals surface area contributed by atoms with Crippen LogP contribution in [0.4, 0.5) is 10.5 Å². The summed E-state index contributed by atoms with van der Waals surface area (Å²) in [5.74, 6) is -1.11. The number of benzene rings is 2. The third-order valence-electron chi connectivity index (χ3n) is 4.47. The first-order chi connectivity index (χ1) is 14.9. The maximum Gasteiger partial charge on any atom is 0.408 e. The SMILES string of the molecule is Cc1cccc(Cl)c1NC(=O)C(c1cccc(O)c1)N(C)C(=O)CNC(=O)OC(C)(C)C. The van der Waals surface area contributed by atoms with Gasteiger partial charge >= 0.3 is 6.09 Å². The minimum absolute atomic E-state index is 0.0537. The number of anilines is 1. The highest BCUT2D eigenvalue weighted by Crippen LogP contribution is 2.29. The van der Waals surface area contributed by atoms with Gasteiger partial charge in [0.05, 0.1) is 10.7 Å². The molecule has 0 saturated carbocycles.